The largest absolute Gasteiger partial charge is 0.497 e. The molecular formula is C30H34N4O4. The minimum Gasteiger partial charge on any atom is -0.497 e. The Bertz CT molecular complexity index is 1410. The first kappa shape index (κ1) is 26.6. The summed E-state index contributed by atoms with van der Waals surface area (Å²) in [6.07, 6.45) is 1.20. The van der Waals surface area contributed by atoms with Crippen molar-refractivity contribution in [3.05, 3.63) is 94.8 Å². The van der Waals surface area contributed by atoms with Gasteiger partial charge < -0.3 is 23.7 Å². The topological polar surface area (TPSA) is 77.9 Å². The van der Waals surface area contributed by atoms with E-state index in [1.165, 1.54) is 0 Å². The van der Waals surface area contributed by atoms with Crippen LogP contribution in [0.2, 0.25) is 0 Å². The maximum Gasteiger partial charge on any atom is 0.258 e. The van der Waals surface area contributed by atoms with E-state index in [9.17, 15) is 4.79 Å². The lowest BCUT2D eigenvalue weighted by atomic mass is 10.0. The molecule has 1 aromatic heterocycles. The zero-order valence-electron chi connectivity index (χ0n) is 22.7. The van der Waals surface area contributed by atoms with Crippen molar-refractivity contribution in [3.63, 3.8) is 0 Å². The van der Waals surface area contributed by atoms with Crippen LogP contribution < -0.4 is 24.4 Å². The lowest BCUT2D eigenvalue weighted by molar-refractivity contribution is 0.102. The number of anilines is 2. The summed E-state index contributed by atoms with van der Waals surface area (Å²) in [6, 6.07) is 21.3. The van der Waals surface area contributed by atoms with Gasteiger partial charge >= 0.3 is 0 Å². The Morgan fingerprint density at radius 3 is 2.24 bits per heavy atom. The fraction of sp³-hybridized carbons (Fsp3) is 0.267. The number of hydrogen-bond donors (Lipinski definition) is 1. The quantitative estimate of drug-likeness (QED) is 0.323. The van der Waals surface area contributed by atoms with Crippen molar-refractivity contribution in [1.82, 2.24) is 9.55 Å². The van der Waals surface area contributed by atoms with Gasteiger partial charge in [-0.1, -0.05) is 24.3 Å². The first-order chi connectivity index (χ1) is 18.3. The summed E-state index contributed by atoms with van der Waals surface area (Å²) in [5, 5.41) is 3.01. The molecule has 38 heavy (non-hydrogen) atoms. The molecule has 198 valence electrons. The maximum atomic E-state index is 13.2. The number of nitrogens with one attached hydrogen (secondary N) is 1. The van der Waals surface area contributed by atoms with Gasteiger partial charge in [-0.2, -0.15) is 0 Å². The predicted octanol–water partition coefficient (Wildman–Crippen LogP) is 4.95. The van der Waals surface area contributed by atoms with E-state index in [1.807, 2.05) is 91.3 Å². The molecule has 4 aromatic rings. The second-order valence-electron chi connectivity index (χ2n) is 9.18. The van der Waals surface area contributed by atoms with Gasteiger partial charge in [0.1, 0.15) is 5.75 Å². The van der Waals surface area contributed by atoms with Crippen LogP contribution in [-0.4, -0.2) is 50.9 Å². The minimum absolute atomic E-state index is 0.213. The molecule has 8 heteroatoms. The Hall–Kier alpha value is -4.46. The molecule has 1 amide bonds. The third-order valence-corrected chi connectivity index (χ3v) is 6.50. The minimum atomic E-state index is -0.213. The average Bonchev–Trinajstić information content (AvgIpc) is 3.22. The zero-order valence-corrected chi connectivity index (χ0v) is 22.7. The highest BCUT2D eigenvalue weighted by Gasteiger charge is 2.19. The van der Waals surface area contributed by atoms with Crippen LogP contribution in [0.4, 0.5) is 11.6 Å². The van der Waals surface area contributed by atoms with Crippen LogP contribution in [0.5, 0.6) is 17.2 Å². The molecule has 0 aliphatic heterocycles. The molecule has 0 aliphatic carbocycles. The van der Waals surface area contributed by atoms with Crippen LogP contribution in [0, 0.1) is 0 Å². The van der Waals surface area contributed by atoms with Crippen molar-refractivity contribution >= 4 is 17.5 Å². The Morgan fingerprint density at radius 1 is 0.868 bits per heavy atom. The summed E-state index contributed by atoms with van der Waals surface area (Å²) in [5.41, 5.74) is 5.52. The molecule has 0 saturated carbocycles. The van der Waals surface area contributed by atoms with Gasteiger partial charge in [0.05, 0.1) is 27.0 Å². The number of hydrogen-bond acceptors (Lipinski definition) is 6. The number of carbonyl (C=O) groups excluding carboxylic acids is 1. The van der Waals surface area contributed by atoms with Crippen molar-refractivity contribution in [2.75, 3.05) is 45.6 Å². The van der Waals surface area contributed by atoms with Crippen LogP contribution in [0.3, 0.4) is 0 Å². The van der Waals surface area contributed by atoms with Crippen molar-refractivity contribution in [2.24, 2.45) is 7.05 Å². The number of rotatable bonds is 10. The average molecular weight is 515 g/mol. The molecule has 0 atom stereocenters. The first-order valence-electron chi connectivity index (χ1n) is 12.3. The third-order valence-electron chi connectivity index (χ3n) is 6.50. The van der Waals surface area contributed by atoms with E-state index in [0.717, 1.165) is 34.0 Å². The summed E-state index contributed by atoms with van der Waals surface area (Å²) in [7, 11) is 10.7. The van der Waals surface area contributed by atoms with Gasteiger partial charge in [0, 0.05) is 50.9 Å². The van der Waals surface area contributed by atoms with E-state index in [4.69, 9.17) is 19.2 Å². The van der Waals surface area contributed by atoms with Gasteiger partial charge in [-0.25, -0.2) is 4.98 Å². The number of carbonyl (C=O) groups is 1. The Kier molecular flexibility index (Phi) is 8.21. The molecule has 0 aliphatic rings. The van der Waals surface area contributed by atoms with Gasteiger partial charge in [0.15, 0.2) is 11.5 Å². The summed E-state index contributed by atoms with van der Waals surface area (Å²) >= 11 is 0. The molecule has 1 heterocycles. The fourth-order valence-electron chi connectivity index (χ4n) is 4.28. The Morgan fingerprint density at radius 2 is 1.58 bits per heavy atom. The molecule has 0 fully saturated rings. The van der Waals surface area contributed by atoms with Crippen LogP contribution in [0.1, 0.15) is 32.9 Å². The molecule has 4 rings (SSSR count). The van der Waals surface area contributed by atoms with E-state index in [1.54, 1.807) is 27.4 Å². The van der Waals surface area contributed by atoms with Crippen LogP contribution in [-0.2, 0) is 19.9 Å². The molecule has 3 aromatic carbocycles. The normalized spacial score (nSPS) is 10.7. The summed E-state index contributed by atoms with van der Waals surface area (Å²) in [6.45, 7) is 0. The third kappa shape index (κ3) is 5.91. The zero-order chi connectivity index (χ0) is 27.2. The Balaban J connectivity index is 1.68. The maximum absolute atomic E-state index is 13.2. The van der Waals surface area contributed by atoms with Crippen molar-refractivity contribution in [1.29, 1.82) is 0 Å². The first-order valence-corrected chi connectivity index (χ1v) is 12.3. The second kappa shape index (κ2) is 11.7. The number of aromatic nitrogens is 2. The summed E-state index contributed by atoms with van der Waals surface area (Å²) in [5.74, 6) is 2.42. The number of nitrogens with zero attached hydrogens (tertiary/aromatic N) is 3. The molecule has 8 nitrogen and oxygen atoms in total. The lowest BCUT2D eigenvalue weighted by Gasteiger charge is -2.14. The number of ether oxygens (including phenoxy) is 3. The standard InChI is InChI=1S/C30H34N4O4/c1-33(2)23-9-7-8-22(19-23)29(35)32-30-31-25(16-20-10-13-24(36-4)14-11-20)26(34(30)3)17-21-12-15-27(37-5)28(18-21)38-6/h7-15,18-19H,16-17H2,1-6H3,(H,31,32,35). The van der Waals surface area contributed by atoms with E-state index in [0.29, 0.717) is 35.9 Å². The van der Waals surface area contributed by atoms with Gasteiger partial charge in [0.2, 0.25) is 5.95 Å². The van der Waals surface area contributed by atoms with E-state index in [2.05, 4.69) is 5.32 Å². The molecule has 1 N–H and O–H groups in total. The molecule has 0 spiro atoms. The SMILES string of the molecule is COc1ccc(Cc2nc(NC(=O)c3cccc(N(C)C)c3)n(C)c2Cc2ccc(OC)c(OC)c2)cc1. The smallest absolute Gasteiger partial charge is 0.258 e. The Labute approximate surface area is 223 Å². The number of imidazole rings is 1. The van der Waals surface area contributed by atoms with E-state index in [-0.39, 0.29) is 5.91 Å². The fourth-order valence-corrected chi connectivity index (χ4v) is 4.28. The van der Waals surface area contributed by atoms with Gasteiger partial charge in [-0.3, -0.25) is 10.1 Å². The monoisotopic (exact) mass is 514 g/mol. The van der Waals surface area contributed by atoms with Crippen molar-refractivity contribution in [3.8, 4) is 17.2 Å². The van der Waals surface area contributed by atoms with E-state index >= 15 is 0 Å². The number of methoxy groups -OCH3 is 3. The number of benzene rings is 3. The van der Waals surface area contributed by atoms with Gasteiger partial charge in [0.25, 0.3) is 5.91 Å². The van der Waals surface area contributed by atoms with Crippen LogP contribution >= 0.6 is 0 Å². The second-order valence-corrected chi connectivity index (χ2v) is 9.18. The van der Waals surface area contributed by atoms with Crippen molar-refractivity contribution < 1.29 is 19.0 Å². The summed E-state index contributed by atoms with van der Waals surface area (Å²) < 4.78 is 18.2. The molecule has 0 bridgehead atoms. The number of amides is 1. The molecule has 0 radical (unpaired) electrons. The van der Waals surface area contributed by atoms with Gasteiger partial charge in [-0.05, 0) is 53.6 Å². The van der Waals surface area contributed by atoms with Crippen LogP contribution in [0.25, 0.3) is 0 Å². The summed E-state index contributed by atoms with van der Waals surface area (Å²) in [4.78, 5) is 20.0. The highest BCUT2D eigenvalue weighted by atomic mass is 16.5. The molecule has 0 unspecified atom stereocenters. The predicted molar refractivity (Wildman–Crippen MR) is 150 cm³/mol. The molecule has 0 saturated heterocycles. The van der Waals surface area contributed by atoms with Crippen molar-refractivity contribution in [2.45, 2.75) is 12.8 Å². The van der Waals surface area contributed by atoms with E-state index < -0.39 is 0 Å². The highest BCUT2D eigenvalue weighted by Crippen LogP contribution is 2.30. The molecular weight excluding hydrogens is 480 g/mol. The lowest BCUT2D eigenvalue weighted by Crippen LogP contribution is -2.16. The van der Waals surface area contributed by atoms with Gasteiger partial charge in [-0.15, -0.1) is 0 Å². The van der Waals surface area contributed by atoms with Crippen LogP contribution in [0.15, 0.2) is 66.7 Å². The highest BCUT2D eigenvalue weighted by molar-refractivity contribution is 6.04.